The fourth-order valence-corrected chi connectivity index (χ4v) is 2.07. The third-order valence-corrected chi connectivity index (χ3v) is 2.93. The SMILES string of the molecule is CCCN(CC(=O)O)Cc1nnc(-c2ccc(Br)o2)o1. The number of carboxylic acid groups (broad SMARTS) is 1. The zero-order valence-electron chi connectivity index (χ0n) is 10.9. The molecule has 2 rings (SSSR count). The number of rotatable bonds is 7. The molecule has 8 heteroatoms. The highest BCUT2D eigenvalue weighted by atomic mass is 79.9. The van der Waals surface area contributed by atoms with Crippen LogP contribution in [0.25, 0.3) is 11.7 Å². The summed E-state index contributed by atoms with van der Waals surface area (Å²) in [5.74, 6) is 0.226. The van der Waals surface area contributed by atoms with Crippen molar-refractivity contribution in [3.8, 4) is 11.7 Å². The standard InChI is InChI=1S/C12H14BrN3O4/c1-2-5-16(7-11(17)18)6-10-14-15-12(20-10)8-3-4-9(13)19-8/h3-4H,2,5-7H2,1H3,(H,17,18). The van der Waals surface area contributed by atoms with Gasteiger partial charge in [-0.15, -0.1) is 10.2 Å². The van der Waals surface area contributed by atoms with Crippen LogP contribution in [0.15, 0.2) is 25.6 Å². The Morgan fingerprint density at radius 1 is 1.40 bits per heavy atom. The van der Waals surface area contributed by atoms with Gasteiger partial charge in [-0.2, -0.15) is 0 Å². The third-order valence-electron chi connectivity index (χ3n) is 2.51. The van der Waals surface area contributed by atoms with E-state index in [1.54, 1.807) is 17.0 Å². The van der Waals surface area contributed by atoms with Gasteiger partial charge < -0.3 is 13.9 Å². The van der Waals surface area contributed by atoms with Crippen LogP contribution in [0.5, 0.6) is 0 Å². The molecule has 108 valence electrons. The van der Waals surface area contributed by atoms with Crippen LogP contribution in [0.1, 0.15) is 19.2 Å². The zero-order valence-corrected chi connectivity index (χ0v) is 12.5. The Morgan fingerprint density at radius 3 is 2.80 bits per heavy atom. The smallest absolute Gasteiger partial charge is 0.317 e. The van der Waals surface area contributed by atoms with Crippen LogP contribution in [-0.4, -0.2) is 39.3 Å². The monoisotopic (exact) mass is 343 g/mol. The lowest BCUT2D eigenvalue weighted by atomic mass is 10.4. The average molecular weight is 344 g/mol. The molecule has 7 nitrogen and oxygen atoms in total. The lowest BCUT2D eigenvalue weighted by Crippen LogP contribution is -2.30. The normalized spacial score (nSPS) is 11.2. The fourth-order valence-electron chi connectivity index (χ4n) is 1.76. The predicted octanol–water partition coefficient (Wildman–Crippen LogP) is 2.39. The summed E-state index contributed by atoms with van der Waals surface area (Å²) in [4.78, 5) is 12.5. The molecule has 2 aromatic rings. The molecule has 0 aliphatic rings. The summed E-state index contributed by atoms with van der Waals surface area (Å²) in [6.07, 6.45) is 0.847. The van der Waals surface area contributed by atoms with Gasteiger partial charge in [-0.3, -0.25) is 9.69 Å². The van der Waals surface area contributed by atoms with Gasteiger partial charge in [-0.25, -0.2) is 0 Å². The third kappa shape index (κ3) is 3.91. The first-order valence-electron chi connectivity index (χ1n) is 6.10. The first-order chi connectivity index (χ1) is 9.58. The average Bonchev–Trinajstić information content (AvgIpc) is 2.97. The molecule has 20 heavy (non-hydrogen) atoms. The number of halogens is 1. The largest absolute Gasteiger partial charge is 0.480 e. The number of carbonyl (C=O) groups is 1. The van der Waals surface area contributed by atoms with Crippen LogP contribution in [-0.2, 0) is 11.3 Å². The Morgan fingerprint density at radius 2 is 2.20 bits per heavy atom. The van der Waals surface area contributed by atoms with E-state index in [4.69, 9.17) is 13.9 Å². The molecule has 0 bridgehead atoms. The molecule has 0 aliphatic carbocycles. The van der Waals surface area contributed by atoms with Gasteiger partial charge >= 0.3 is 5.97 Å². The predicted molar refractivity (Wildman–Crippen MR) is 72.9 cm³/mol. The van der Waals surface area contributed by atoms with E-state index in [1.807, 2.05) is 6.92 Å². The summed E-state index contributed by atoms with van der Waals surface area (Å²) in [7, 11) is 0. The molecule has 0 saturated carbocycles. The number of hydrogen-bond acceptors (Lipinski definition) is 6. The van der Waals surface area contributed by atoms with Crippen molar-refractivity contribution in [2.24, 2.45) is 0 Å². The van der Waals surface area contributed by atoms with E-state index >= 15 is 0 Å². The van der Waals surface area contributed by atoms with Crippen molar-refractivity contribution in [2.75, 3.05) is 13.1 Å². The van der Waals surface area contributed by atoms with Crippen molar-refractivity contribution >= 4 is 21.9 Å². The molecule has 0 radical (unpaired) electrons. The van der Waals surface area contributed by atoms with Crippen molar-refractivity contribution < 1.29 is 18.7 Å². The van der Waals surface area contributed by atoms with Gasteiger partial charge in [0.1, 0.15) is 0 Å². The maximum Gasteiger partial charge on any atom is 0.317 e. The molecule has 0 aliphatic heterocycles. The number of aromatic nitrogens is 2. The van der Waals surface area contributed by atoms with Gasteiger partial charge in [0.05, 0.1) is 13.1 Å². The highest BCUT2D eigenvalue weighted by molar-refractivity contribution is 9.10. The minimum absolute atomic E-state index is 0.0577. The zero-order chi connectivity index (χ0) is 14.5. The van der Waals surface area contributed by atoms with Crippen LogP contribution in [0.4, 0.5) is 0 Å². The molecule has 1 N–H and O–H groups in total. The Hall–Kier alpha value is -1.67. The fraction of sp³-hybridized carbons (Fsp3) is 0.417. The number of furan rings is 1. The topological polar surface area (TPSA) is 92.6 Å². The minimum Gasteiger partial charge on any atom is -0.480 e. The Balaban J connectivity index is 2.05. The highest BCUT2D eigenvalue weighted by Gasteiger charge is 2.16. The summed E-state index contributed by atoms with van der Waals surface area (Å²) in [5.41, 5.74) is 0. The van der Waals surface area contributed by atoms with Crippen LogP contribution in [0.2, 0.25) is 0 Å². The minimum atomic E-state index is -0.881. The molecule has 0 atom stereocenters. The van der Waals surface area contributed by atoms with Crippen molar-refractivity contribution in [2.45, 2.75) is 19.9 Å². The quantitative estimate of drug-likeness (QED) is 0.824. The molecule has 2 heterocycles. The molecular weight excluding hydrogens is 330 g/mol. The summed E-state index contributed by atoms with van der Waals surface area (Å²) in [6, 6.07) is 3.44. The molecule has 0 unspecified atom stereocenters. The first kappa shape index (κ1) is 14.7. The molecule has 0 spiro atoms. The van der Waals surface area contributed by atoms with Crippen molar-refractivity contribution in [1.29, 1.82) is 0 Å². The van der Waals surface area contributed by atoms with E-state index in [9.17, 15) is 4.79 Å². The maximum atomic E-state index is 10.8. The summed E-state index contributed by atoms with van der Waals surface area (Å²) < 4.78 is 11.4. The van der Waals surface area contributed by atoms with Gasteiger partial charge in [-0.05, 0) is 41.0 Å². The van der Waals surface area contributed by atoms with Gasteiger partial charge in [0.2, 0.25) is 5.89 Å². The summed E-state index contributed by atoms with van der Waals surface area (Å²) in [5, 5.41) is 16.6. The first-order valence-corrected chi connectivity index (χ1v) is 6.90. The second-order valence-electron chi connectivity index (χ2n) is 4.21. The number of hydrogen-bond donors (Lipinski definition) is 1. The van der Waals surface area contributed by atoms with Gasteiger partial charge in [0.25, 0.3) is 5.89 Å². The van der Waals surface area contributed by atoms with Crippen LogP contribution >= 0.6 is 15.9 Å². The van der Waals surface area contributed by atoms with E-state index in [1.165, 1.54) is 0 Å². The van der Waals surface area contributed by atoms with Crippen molar-refractivity contribution in [3.63, 3.8) is 0 Å². The van der Waals surface area contributed by atoms with E-state index < -0.39 is 5.97 Å². The van der Waals surface area contributed by atoms with Gasteiger partial charge in [-0.1, -0.05) is 6.92 Å². The van der Waals surface area contributed by atoms with Gasteiger partial charge in [0.15, 0.2) is 10.4 Å². The highest BCUT2D eigenvalue weighted by Crippen LogP contribution is 2.23. The van der Waals surface area contributed by atoms with Crippen LogP contribution in [0.3, 0.4) is 0 Å². The Kier molecular flexibility index (Phi) is 4.91. The second kappa shape index (κ2) is 6.67. The lowest BCUT2D eigenvalue weighted by molar-refractivity contribution is -0.138. The number of aliphatic carboxylic acids is 1. The molecule has 0 amide bonds. The molecule has 2 aromatic heterocycles. The Bertz CT molecular complexity index is 581. The molecule has 0 fully saturated rings. The lowest BCUT2D eigenvalue weighted by Gasteiger charge is -2.16. The molecular formula is C12H14BrN3O4. The molecule has 0 saturated heterocycles. The van der Waals surface area contributed by atoms with Crippen LogP contribution in [0, 0.1) is 0 Å². The van der Waals surface area contributed by atoms with E-state index in [0.29, 0.717) is 29.4 Å². The summed E-state index contributed by atoms with van der Waals surface area (Å²) >= 11 is 3.19. The van der Waals surface area contributed by atoms with Crippen molar-refractivity contribution in [3.05, 3.63) is 22.7 Å². The van der Waals surface area contributed by atoms with Crippen LogP contribution < -0.4 is 0 Å². The summed E-state index contributed by atoms with van der Waals surface area (Å²) in [6.45, 7) is 2.87. The van der Waals surface area contributed by atoms with Gasteiger partial charge in [0, 0.05) is 0 Å². The van der Waals surface area contributed by atoms with Crippen molar-refractivity contribution in [1.82, 2.24) is 15.1 Å². The number of carboxylic acids is 1. The van der Waals surface area contributed by atoms with E-state index in [0.717, 1.165) is 6.42 Å². The Labute approximate surface area is 123 Å². The number of nitrogens with zero attached hydrogens (tertiary/aromatic N) is 3. The van der Waals surface area contributed by atoms with E-state index in [2.05, 4.69) is 26.1 Å². The maximum absolute atomic E-state index is 10.8. The molecule has 0 aromatic carbocycles. The van der Waals surface area contributed by atoms with E-state index in [-0.39, 0.29) is 12.4 Å². The second-order valence-corrected chi connectivity index (χ2v) is 4.99.